The second-order valence-corrected chi connectivity index (χ2v) is 18.8. The predicted molar refractivity (Wildman–Crippen MR) is 283 cm³/mol. The van der Waals surface area contributed by atoms with E-state index in [4.69, 9.17) is 19.3 Å². The van der Waals surface area contributed by atoms with Gasteiger partial charge >= 0.3 is 154 Å². The third kappa shape index (κ3) is 27.6. The van der Waals surface area contributed by atoms with Gasteiger partial charge in [-0.25, -0.2) is 25.4 Å². The quantitative estimate of drug-likeness (QED) is 0.117. The second-order valence-electron chi connectivity index (χ2n) is 18.8. The minimum atomic E-state index is -0.440. The van der Waals surface area contributed by atoms with Crippen LogP contribution in [0.3, 0.4) is 0 Å². The Hall–Kier alpha value is -4.41. The molecule has 0 aliphatic rings. The van der Waals surface area contributed by atoms with Crippen LogP contribution in [0.15, 0.2) is 154 Å². The predicted octanol–water partition coefficient (Wildman–Crippen LogP) is 1.72. The Bertz CT molecular complexity index is 2940. The van der Waals surface area contributed by atoms with Gasteiger partial charge in [0.05, 0.1) is 11.9 Å². The molecule has 0 aliphatic carbocycles. The SMILES string of the molecule is CC(C)(C)c1c[c-]no1.CC(C)(C)c1c[c-]no1.CC(C)(C)c1c[c-]no1.Cc1cnc(C(=O)Nc2cc[c-]cc2)cn1.Nc1ccnc(C(=O)Nc2cc[c-]cc2)c1.O=C(Nc1cc[c-]cc1)c1ncccc1O.[K+].[K+].[K+]. The molecule has 0 bridgehead atoms. The summed E-state index contributed by atoms with van der Waals surface area (Å²) in [6.07, 6.45) is 13.8. The van der Waals surface area contributed by atoms with Gasteiger partial charge in [-0.15, -0.1) is 55.0 Å². The van der Waals surface area contributed by atoms with Crippen LogP contribution in [-0.4, -0.2) is 58.2 Å². The van der Waals surface area contributed by atoms with E-state index in [0.717, 1.165) is 23.0 Å². The summed E-state index contributed by atoms with van der Waals surface area (Å²) >= 11 is 0. The van der Waals surface area contributed by atoms with Crippen molar-refractivity contribution < 1.29 is 187 Å². The zero-order valence-electron chi connectivity index (χ0n) is 46.4. The van der Waals surface area contributed by atoms with Gasteiger partial charge in [0.25, 0.3) is 17.7 Å². The number of carbonyl (C=O) groups excluding carboxylic acids is 3. The van der Waals surface area contributed by atoms with Crippen LogP contribution in [0.25, 0.3) is 0 Å². The molecule has 6 heterocycles. The number of pyridine rings is 2. The Morgan fingerprint density at radius 2 is 0.910 bits per heavy atom. The maximum absolute atomic E-state index is 11.7. The van der Waals surface area contributed by atoms with E-state index in [9.17, 15) is 19.5 Å². The molecule has 0 unspecified atom stereocenters. The largest absolute Gasteiger partial charge is 1.00 e. The van der Waals surface area contributed by atoms with Gasteiger partial charge in [0.15, 0.2) is 5.69 Å². The number of nitrogens with two attached hydrogens (primary N) is 1. The van der Waals surface area contributed by atoms with Crippen LogP contribution >= 0.6 is 0 Å². The van der Waals surface area contributed by atoms with Crippen LogP contribution < -0.4 is 176 Å². The molecule has 0 saturated heterocycles. The number of nitrogens with one attached hydrogen (secondary N) is 3. The minimum Gasteiger partial charge on any atom is -0.505 e. The maximum Gasteiger partial charge on any atom is 1.00 e. The van der Waals surface area contributed by atoms with Crippen molar-refractivity contribution in [3.63, 3.8) is 0 Å². The molecule has 0 atom stereocenters. The average Bonchev–Trinajstić information content (AvgIpc) is 4.23. The molecule has 3 amide bonds. The summed E-state index contributed by atoms with van der Waals surface area (Å²) in [4.78, 5) is 50.9. The van der Waals surface area contributed by atoms with E-state index in [2.05, 4.69) is 150 Å². The number of benzene rings is 3. The van der Waals surface area contributed by atoms with Crippen LogP contribution in [0, 0.1) is 43.7 Å². The van der Waals surface area contributed by atoms with Gasteiger partial charge in [0.1, 0.15) is 17.1 Å². The van der Waals surface area contributed by atoms with E-state index in [1.54, 1.807) is 109 Å². The molecule has 390 valence electrons. The Morgan fingerprint density at radius 1 is 0.513 bits per heavy atom. The van der Waals surface area contributed by atoms with Gasteiger partial charge in [0.2, 0.25) is 0 Å². The first-order valence-corrected chi connectivity index (χ1v) is 23.1. The zero-order valence-corrected chi connectivity index (χ0v) is 55.8. The van der Waals surface area contributed by atoms with Gasteiger partial charge in [-0.05, 0) is 64.7 Å². The molecule has 6 N–H and O–H groups in total. The fourth-order valence-corrected chi connectivity index (χ4v) is 5.26. The van der Waals surface area contributed by atoms with Crippen molar-refractivity contribution in [2.45, 2.75) is 85.5 Å². The fraction of sp³-hybridized carbons (Fsp3) is 0.228. The summed E-state index contributed by atoms with van der Waals surface area (Å²) < 4.78 is 14.7. The smallest absolute Gasteiger partial charge is 0.505 e. The van der Waals surface area contributed by atoms with Gasteiger partial charge in [-0.2, -0.15) is 72.8 Å². The molecule has 0 aliphatic heterocycles. The van der Waals surface area contributed by atoms with Crippen molar-refractivity contribution in [3.05, 3.63) is 217 Å². The average molecular weight is 1130 g/mol. The minimum absolute atomic E-state index is 0. The summed E-state index contributed by atoms with van der Waals surface area (Å²) in [6.45, 7) is 20.5. The summed E-state index contributed by atoms with van der Waals surface area (Å²) in [5.41, 5.74) is 9.71. The first-order chi connectivity index (χ1) is 35.6. The summed E-state index contributed by atoms with van der Waals surface area (Å²) in [5.74, 6) is 1.51. The number of nitrogen functional groups attached to an aromatic ring is 1. The third-order valence-corrected chi connectivity index (χ3v) is 9.35. The summed E-state index contributed by atoms with van der Waals surface area (Å²) in [6, 6.07) is 40.8. The number of carbonyl (C=O) groups is 3. The first kappa shape index (κ1) is 71.6. The van der Waals surface area contributed by atoms with Crippen molar-refractivity contribution in [1.82, 2.24) is 35.4 Å². The maximum atomic E-state index is 11.7. The fourth-order valence-electron chi connectivity index (χ4n) is 5.26. The number of anilines is 4. The molecule has 0 spiro atoms. The van der Waals surface area contributed by atoms with Crippen molar-refractivity contribution in [2.24, 2.45) is 0 Å². The van der Waals surface area contributed by atoms with Crippen LogP contribution in [0.2, 0.25) is 0 Å². The van der Waals surface area contributed by atoms with Crippen LogP contribution in [-0.2, 0) is 16.2 Å². The first-order valence-electron chi connectivity index (χ1n) is 23.1. The molecule has 18 nitrogen and oxygen atoms in total. The Labute approximate surface area is 584 Å². The number of aromatic hydroxyl groups is 1. The Balaban J connectivity index is 0.000000473. The van der Waals surface area contributed by atoms with Crippen LogP contribution in [0.4, 0.5) is 22.7 Å². The van der Waals surface area contributed by atoms with Crippen molar-refractivity contribution in [1.29, 1.82) is 0 Å². The van der Waals surface area contributed by atoms with Crippen molar-refractivity contribution >= 4 is 40.5 Å². The zero-order chi connectivity index (χ0) is 54.9. The van der Waals surface area contributed by atoms with Crippen molar-refractivity contribution in [2.75, 3.05) is 21.7 Å². The van der Waals surface area contributed by atoms with E-state index in [-0.39, 0.29) is 194 Å². The molecule has 9 aromatic rings. The molecule has 3 aromatic carbocycles. The monoisotopic (exact) mass is 1130 g/mol. The van der Waals surface area contributed by atoms with E-state index in [0.29, 0.717) is 34.1 Å². The van der Waals surface area contributed by atoms with Gasteiger partial charge in [0, 0.05) is 24.3 Å². The van der Waals surface area contributed by atoms with Gasteiger partial charge in [-0.3, -0.25) is 24.4 Å². The van der Waals surface area contributed by atoms with Crippen molar-refractivity contribution in [3.8, 4) is 5.75 Å². The van der Waals surface area contributed by atoms with E-state index in [1.165, 1.54) is 30.7 Å². The Kier molecular flexibility index (Phi) is 33.8. The van der Waals surface area contributed by atoms with Gasteiger partial charge in [-0.1, -0.05) is 79.4 Å². The Morgan fingerprint density at radius 3 is 1.23 bits per heavy atom. The summed E-state index contributed by atoms with van der Waals surface area (Å²) in [7, 11) is 0. The van der Waals surface area contributed by atoms with E-state index in [1.807, 2.05) is 6.92 Å². The topological polar surface area (TPSA) is 263 Å². The molecule has 6 aromatic heterocycles. The standard InChI is InChI=1S/2C12H10N3O.C12H9N2O2.3C7H10NO.3K/c1-9-7-14-11(8-13-9)12(16)15-10-5-3-2-4-6-10;13-9-6-7-14-11(8-9)12(16)15-10-4-2-1-3-5-10;15-10-7-4-8-13-11(10)12(16)14-9-5-2-1-3-6-9;3*1-7(2,3)6-4-5-8-9-6;;;/h3-8H,1H3,(H,15,16);2-8H,(H2,13,14)(H,15,16);2-8,15H,(H,14,16);3*4H,1-3H3;;;/q6*-1;3*+1. The molecule has 9 rings (SSSR count). The van der Waals surface area contributed by atoms with Crippen LogP contribution in [0.1, 0.15) is 117 Å². The normalized spacial score (nSPS) is 10.1. The molecule has 0 radical (unpaired) electrons. The molecule has 78 heavy (non-hydrogen) atoms. The third-order valence-electron chi connectivity index (χ3n) is 9.35. The van der Waals surface area contributed by atoms with Crippen LogP contribution in [0.5, 0.6) is 5.75 Å². The molecular formula is C57H59K3N11O7-3. The number of aryl methyl sites for hydroxylation is 1. The number of nitrogens with zero attached hydrogens (tertiary/aromatic N) is 7. The second kappa shape index (κ2) is 36.8. The number of amides is 3. The number of aromatic nitrogens is 7. The van der Waals surface area contributed by atoms with Gasteiger partial charge < -0.3 is 40.4 Å². The molecule has 0 fully saturated rings. The van der Waals surface area contributed by atoms with E-state index < -0.39 is 5.91 Å². The number of hydrogen-bond acceptors (Lipinski definition) is 15. The molecule has 21 heteroatoms. The van der Waals surface area contributed by atoms with E-state index >= 15 is 0 Å². The number of rotatable bonds is 6. The summed E-state index contributed by atoms with van der Waals surface area (Å²) in [5, 5.41) is 27.9. The molecular weight excluding hydrogens is 1070 g/mol. The number of hydrogen-bond donors (Lipinski definition) is 5. The molecule has 0 saturated carbocycles.